The molecule has 0 aromatic rings. The number of hydrogen-bond acceptors (Lipinski definition) is 2. The maximum atomic E-state index is 9.03. The first-order valence-corrected chi connectivity index (χ1v) is 4.20. The van der Waals surface area contributed by atoms with Gasteiger partial charge in [0.15, 0.2) is 0 Å². The standard InChI is InChI=1S/C8H17NO.ClH/c1-3-9(4-2)7-5-8(10)6-7;/h7-8,10H,3-6H2,1-2H3;1H/t7-,8+;. The van der Waals surface area contributed by atoms with Gasteiger partial charge >= 0.3 is 0 Å². The molecule has 0 bridgehead atoms. The highest BCUT2D eigenvalue weighted by Crippen LogP contribution is 2.24. The molecule has 1 fully saturated rings. The fraction of sp³-hybridized carbons (Fsp3) is 1.00. The van der Waals surface area contributed by atoms with Gasteiger partial charge in [-0.15, -0.1) is 12.4 Å². The van der Waals surface area contributed by atoms with Crippen LogP contribution in [-0.4, -0.2) is 35.2 Å². The molecular weight excluding hydrogens is 162 g/mol. The fourth-order valence-corrected chi connectivity index (χ4v) is 1.60. The molecule has 1 saturated carbocycles. The topological polar surface area (TPSA) is 23.5 Å². The third-order valence-electron chi connectivity index (χ3n) is 2.42. The van der Waals surface area contributed by atoms with Crippen LogP contribution in [0.2, 0.25) is 0 Å². The molecule has 0 aromatic carbocycles. The molecule has 0 spiro atoms. The third-order valence-corrected chi connectivity index (χ3v) is 2.42. The molecule has 1 N–H and O–H groups in total. The molecule has 2 nitrogen and oxygen atoms in total. The second-order valence-electron chi connectivity index (χ2n) is 3.00. The summed E-state index contributed by atoms with van der Waals surface area (Å²) in [5.41, 5.74) is 0. The Morgan fingerprint density at radius 2 is 1.73 bits per heavy atom. The highest BCUT2D eigenvalue weighted by Gasteiger charge is 2.30. The second kappa shape index (κ2) is 4.96. The molecule has 3 heteroatoms. The number of nitrogens with zero attached hydrogens (tertiary/aromatic N) is 1. The molecule has 0 atom stereocenters. The molecule has 68 valence electrons. The van der Waals surface area contributed by atoms with Crippen molar-refractivity contribution in [1.82, 2.24) is 4.90 Å². The van der Waals surface area contributed by atoms with Gasteiger partial charge in [0.25, 0.3) is 0 Å². The van der Waals surface area contributed by atoms with Crippen LogP contribution in [0.25, 0.3) is 0 Å². The zero-order chi connectivity index (χ0) is 7.56. The van der Waals surface area contributed by atoms with Gasteiger partial charge in [-0.05, 0) is 25.9 Å². The molecule has 1 aliphatic rings. The highest BCUT2D eigenvalue weighted by atomic mass is 35.5. The van der Waals surface area contributed by atoms with E-state index in [1.54, 1.807) is 0 Å². The molecular formula is C8H18ClNO. The third kappa shape index (κ3) is 2.62. The minimum Gasteiger partial charge on any atom is -0.393 e. The molecule has 11 heavy (non-hydrogen) atoms. The van der Waals surface area contributed by atoms with Crippen molar-refractivity contribution in [3.8, 4) is 0 Å². The van der Waals surface area contributed by atoms with Crippen LogP contribution in [0.3, 0.4) is 0 Å². The summed E-state index contributed by atoms with van der Waals surface area (Å²) in [7, 11) is 0. The summed E-state index contributed by atoms with van der Waals surface area (Å²) in [6.45, 7) is 6.59. The molecule has 0 aromatic heterocycles. The Bertz CT molecular complexity index is 100. The predicted octanol–water partition coefficient (Wildman–Crippen LogP) is 1.27. The fourth-order valence-electron chi connectivity index (χ4n) is 1.60. The minimum absolute atomic E-state index is 0. The summed E-state index contributed by atoms with van der Waals surface area (Å²) >= 11 is 0. The Morgan fingerprint density at radius 1 is 1.27 bits per heavy atom. The number of rotatable bonds is 3. The lowest BCUT2D eigenvalue weighted by Gasteiger charge is -2.39. The zero-order valence-electron chi connectivity index (χ0n) is 7.29. The maximum absolute atomic E-state index is 9.03. The SMILES string of the molecule is CCN(CC)[C@H]1C[C@@H](O)C1.Cl. The molecule has 0 saturated heterocycles. The summed E-state index contributed by atoms with van der Waals surface area (Å²) in [6, 6.07) is 0.671. The van der Waals surface area contributed by atoms with Crippen LogP contribution in [0.4, 0.5) is 0 Å². The Labute approximate surface area is 75.0 Å². The van der Waals surface area contributed by atoms with Gasteiger partial charge in [-0.1, -0.05) is 13.8 Å². The summed E-state index contributed by atoms with van der Waals surface area (Å²) in [6.07, 6.45) is 1.97. The van der Waals surface area contributed by atoms with Crippen LogP contribution in [0.15, 0.2) is 0 Å². The van der Waals surface area contributed by atoms with Gasteiger partial charge in [0.05, 0.1) is 6.10 Å². The lowest BCUT2D eigenvalue weighted by Crippen LogP contribution is -2.46. The first-order chi connectivity index (χ1) is 4.77. The van der Waals surface area contributed by atoms with E-state index >= 15 is 0 Å². The van der Waals surface area contributed by atoms with Gasteiger partial charge in [-0.2, -0.15) is 0 Å². The molecule has 1 aliphatic carbocycles. The zero-order valence-corrected chi connectivity index (χ0v) is 8.10. The minimum atomic E-state index is -0.00870. The first kappa shape index (κ1) is 11.2. The monoisotopic (exact) mass is 179 g/mol. The summed E-state index contributed by atoms with van der Waals surface area (Å²) < 4.78 is 0. The smallest absolute Gasteiger partial charge is 0.0570 e. The predicted molar refractivity (Wildman–Crippen MR) is 49.2 cm³/mol. The van der Waals surface area contributed by atoms with E-state index in [4.69, 9.17) is 5.11 Å². The van der Waals surface area contributed by atoms with Gasteiger partial charge in [-0.3, -0.25) is 0 Å². The van der Waals surface area contributed by atoms with Crippen LogP contribution in [0.1, 0.15) is 26.7 Å². The summed E-state index contributed by atoms with van der Waals surface area (Å²) in [5, 5.41) is 9.03. The van der Waals surface area contributed by atoms with Gasteiger partial charge in [0, 0.05) is 6.04 Å². The van der Waals surface area contributed by atoms with Crippen molar-refractivity contribution in [2.75, 3.05) is 13.1 Å². The Balaban J connectivity index is 0.000001000. The van der Waals surface area contributed by atoms with Crippen molar-refractivity contribution in [2.24, 2.45) is 0 Å². The van der Waals surface area contributed by atoms with Crippen molar-refractivity contribution in [3.05, 3.63) is 0 Å². The Kier molecular flexibility index (Phi) is 5.06. The Morgan fingerprint density at radius 3 is 2.00 bits per heavy atom. The van der Waals surface area contributed by atoms with Crippen LogP contribution >= 0.6 is 12.4 Å². The van der Waals surface area contributed by atoms with Crippen molar-refractivity contribution in [3.63, 3.8) is 0 Å². The molecule has 0 radical (unpaired) electrons. The lowest BCUT2D eigenvalue weighted by molar-refractivity contribution is 0.00587. The summed E-state index contributed by atoms with van der Waals surface area (Å²) in [4.78, 5) is 2.41. The van der Waals surface area contributed by atoms with E-state index in [1.807, 2.05) is 0 Å². The van der Waals surface area contributed by atoms with E-state index in [0.717, 1.165) is 25.9 Å². The Hall–Kier alpha value is 0.210. The van der Waals surface area contributed by atoms with Crippen LogP contribution < -0.4 is 0 Å². The van der Waals surface area contributed by atoms with E-state index in [1.165, 1.54) is 0 Å². The largest absolute Gasteiger partial charge is 0.393 e. The number of aliphatic hydroxyl groups excluding tert-OH is 1. The quantitative estimate of drug-likeness (QED) is 0.706. The van der Waals surface area contributed by atoms with E-state index in [0.29, 0.717) is 6.04 Å². The maximum Gasteiger partial charge on any atom is 0.0570 e. The van der Waals surface area contributed by atoms with Crippen LogP contribution in [0, 0.1) is 0 Å². The van der Waals surface area contributed by atoms with Crippen molar-refractivity contribution in [2.45, 2.75) is 38.8 Å². The average molecular weight is 180 g/mol. The molecule has 1 rings (SSSR count). The molecule has 0 unspecified atom stereocenters. The van der Waals surface area contributed by atoms with E-state index < -0.39 is 0 Å². The van der Waals surface area contributed by atoms with Crippen LogP contribution in [-0.2, 0) is 0 Å². The van der Waals surface area contributed by atoms with Crippen LogP contribution in [0.5, 0.6) is 0 Å². The van der Waals surface area contributed by atoms with E-state index in [9.17, 15) is 0 Å². The lowest BCUT2D eigenvalue weighted by atomic mass is 9.88. The van der Waals surface area contributed by atoms with Gasteiger partial charge in [0.2, 0.25) is 0 Å². The average Bonchev–Trinajstić information content (AvgIpc) is 1.87. The van der Waals surface area contributed by atoms with Gasteiger partial charge < -0.3 is 10.0 Å². The molecule has 0 aliphatic heterocycles. The number of hydrogen-bond donors (Lipinski definition) is 1. The summed E-state index contributed by atoms with van der Waals surface area (Å²) in [5.74, 6) is 0. The number of aliphatic hydroxyl groups is 1. The highest BCUT2D eigenvalue weighted by molar-refractivity contribution is 5.85. The van der Waals surface area contributed by atoms with E-state index in [2.05, 4.69) is 18.7 Å². The van der Waals surface area contributed by atoms with E-state index in [-0.39, 0.29) is 18.5 Å². The molecule has 0 heterocycles. The number of halogens is 1. The molecule has 0 amide bonds. The van der Waals surface area contributed by atoms with Crippen molar-refractivity contribution < 1.29 is 5.11 Å². The normalized spacial score (nSPS) is 29.5. The second-order valence-corrected chi connectivity index (χ2v) is 3.00. The van der Waals surface area contributed by atoms with Gasteiger partial charge in [-0.25, -0.2) is 0 Å². The first-order valence-electron chi connectivity index (χ1n) is 4.20. The van der Waals surface area contributed by atoms with Crippen molar-refractivity contribution >= 4 is 12.4 Å². The van der Waals surface area contributed by atoms with Gasteiger partial charge in [0.1, 0.15) is 0 Å². The van der Waals surface area contributed by atoms with Crippen molar-refractivity contribution in [1.29, 1.82) is 0 Å².